The van der Waals surface area contributed by atoms with E-state index in [0.717, 1.165) is 41.1 Å². The highest BCUT2D eigenvalue weighted by molar-refractivity contribution is 7.92. The van der Waals surface area contributed by atoms with Gasteiger partial charge >= 0.3 is 0 Å². The molecular weight excluding hydrogens is 653 g/mol. The molecule has 1 fully saturated rings. The van der Waals surface area contributed by atoms with Crippen LogP contribution in [0.5, 0.6) is 0 Å². The molecule has 1 aliphatic rings. The van der Waals surface area contributed by atoms with Crippen LogP contribution in [0.3, 0.4) is 0 Å². The second kappa shape index (κ2) is 15.8. The van der Waals surface area contributed by atoms with Gasteiger partial charge in [0.15, 0.2) is 0 Å². The van der Waals surface area contributed by atoms with Crippen molar-refractivity contribution in [1.29, 1.82) is 0 Å². The summed E-state index contributed by atoms with van der Waals surface area (Å²) < 4.78 is 29.7. The summed E-state index contributed by atoms with van der Waals surface area (Å²) >= 11 is 12.8. The molecule has 1 saturated carbocycles. The van der Waals surface area contributed by atoms with E-state index in [9.17, 15) is 18.0 Å². The fraction of sp³-hybridized carbons (Fsp3) is 0.297. The lowest BCUT2D eigenvalue weighted by Crippen LogP contribution is -2.54. The lowest BCUT2D eigenvalue weighted by atomic mass is 10.0. The molecule has 47 heavy (non-hydrogen) atoms. The Balaban J connectivity index is 1.60. The molecule has 4 aromatic carbocycles. The average molecular weight is 693 g/mol. The highest BCUT2D eigenvalue weighted by Crippen LogP contribution is 2.30. The minimum absolute atomic E-state index is 0.0169. The van der Waals surface area contributed by atoms with Crippen LogP contribution in [0.15, 0.2) is 108 Å². The molecule has 5 rings (SSSR count). The van der Waals surface area contributed by atoms with Crippen molar-refractivity contribution in [3.8, 4) is 0 Å². The summed E-state index contributed by atoms with van der Waals surface area (Å²) in [7, 11) is -4.18. The van der Waals surface area contributed by atoms with E-state index in [2.05, 4.69) is 5.32 Å². The number of anilines is 1. The Morgan fingerprint density at radius 3 is 2.15 bits per heavy atom. The summed E-state index contributed by atoms with van der Waals surface area (Å²) in [5.74, 6) is -0.824. The highest BCUT2D eigenvalue weighted by Gasteiger charge is 2.36. The minimum Gasteiger partial charge on any atom is -0.352 e. The van der Waals surface area contributed by atoms with Crippen molar-refractivity contribution in [1.82, 2.24) is 10.2 Å². The first-order chi connectivity index (χ1) is 22.7. The molecule has 2 amide bonds. The number of carbonyl (C=O) groups is 2. The molecule has 0 radical (unpaired) electrons. The first-order valence-electron chi connectivity index (χ1n) is 15.9. The third kappa shape index (κ3) is 8.55. The number of carbonyl (C=O) groups excluding carboxylic acids is 2. The van der Waals surface area contributed by atoms with Gasteiger partial charge in [-0.05, 0) is 66.3 Å². The molecule has 0 aromatic heterocycles. The molecule has 4 aromatic rings. The predicted molar refractivity (Wildman–Crippen MR) is 188 cm³/mol. The molecule has 1 aliphatic carbocycles. The van der Waals surface area contributed by atoms with Crippen LogP contribution in [0, 0.1) is 0 Å². The third-order valence-electron chi connectivity index (χ3n) is 8.58. The number of hydrogen-bond donors (Lipinski definition) is 1. The molecule has 10 heteroatoms. The Morgan fingerprint density at radius 1 is 0.851 bits per heavy atom. The van der Waals surface area contributed by atoms with Crippen LogP contribution in [0.1, 0.15) is 49.3 Å². The summed E-state index contributed by atoms with van der Waals surface area (Å²) in [6.07, 6.45) is 4.58. The SMILES string of the molecule is CCc1ccccc1N(CC(=O)N(Cc1ccc(Cl)cc1Cl)[C@H](Cc1ccccc1)C(=O)NC1CCCC1)S(=O)(=O)c1ccccc1. The van der Waals surface area contributed by atoms with E-state index in [1.807, 2.05) is 49.4 Å². The molecule has 0 spiro atoms. The molecule has 246 valence electrons. The van der Waals surface area contributed by atoms with Crippen LogP contribution in [0.2, 0.25) is 10.0 Å². The standard InChI is InChI=1S/C37H39Cl2N3O4S/c1-2-28-15-9-12-20-34(28)42(47(45,46)32-18-7-4-8-19-32)26-36(43)41(25-29-21-22-30(38)24-33(29)39)35(23-27-13-5-3-6-14-27)37(44)40-31-16-10-11-17-31/h3-9,12-15,18-22,24,31,35H,2,10-11,16-17,23,25-26H2,1H3,(H,40,44)/t35-/m1/s1. The second-order valence-electron chi connectivity index (χ2n) is 11.8. The van der Waals surface area contributed by atoms with Crippen LogP contribution in [-0.4, -0.2) is 43.8 Å². The van der Waals surface area contributed by atoms with Crippen LogP contribution in [0.25, 0.3) is 0 Å². The van der Waals surface area contributed by atoms with Crippen LogP contribution >= 0.6 is 23.2 Å². The van der Waals surface area contributed by atoms with Gasteiger partial charge < -0.3 is 10.2 Å². The Labute approximate surface area is 287 Å². The van der Waals surface area contributed by atoms with Gasteiger partial charge in [-0.3, -0.25) is 13.9 Å². The molecule has 0 saturated heterocycles. The summed E-state index contributed by atoms with van der Waals surface area (Å²) in [5.41, 5.74) is 2.63. The zero-order chi connectivity index (χ0) is 33.4. The highest BCUT2D eigenvalue weighted by atomic mass is 35.5. The van der Waals surface area contributed by atoms with Gasteiger partial charge in [0.05, 0.1) is 10.6 Å². The summed E-state index contributed by atoms with van der Waals surface area (Å²) in [4.78, 5) is 30.4. The number of halogens is 2. The number of nitrogens with zero attached hydrogens (tertiary/aromatic N) is 2. The lowest BCUT2D eigenvalue weighted by molar-refractivity contribution is -0.140. The Bertz CT molecular complexity index is 1780. The first kappa shape index (κ1) is 34.5. The van der Waals surface area contributed by atoms with E-state index < -0.39 is 28.5 Å². The average Bonchev–Trinajstić information content (AvgIpc) is 3.59. The van der Waals surface area contributed by atoms with Crippen molar-refractivity contribution < 1.29 is 18.0 Å². The van der Waals surface area contributed by atoms with E-state index in [1.54, 1.807) is 48.5 Å². The normalized spacial score (nSPS) is 14.0. The lowest BCUT2D eigenvalue weighted by Gasteiger charge is -2.35. The maximum Gasteiger partial charge on any atom is 0.264 e. The second-order valence-corrected chi connectivity index (χ2v) is 14.5. The Kier molecular flexibility index (Phi) is 11.6. The summed E-state index contributed by atoms with van der Waals surface area (Å²) in [6.45, 7) is 1.38. The fourth-order valence-corrected chi connectivity index (χ4v) is 7.98. The molecule has 1 atom stereocenters. The zero-order valence-corrected chi connectivity index (χ0v) is 28.6. The number of nitrogens with one attached hydrogen (secondary N) is 1. The Morgan fingerprint density at radius 2 is 1.49 bits per heavy atom. The van der Waals surface area contributed by atoms with Crippen molar-refractivity contribution in [2.24, 2.45) is 0 Å². The number of amides is 2. The molecule has 0 unspecified atom stereocenters. The van der Waals surface area contributed by atoms with E-state index in [1.165, 1.54) is 17.0 Å². The van der Waals surface area contributed by atoms with Gasteiger partial charge in [-0.15, -0.1) is 0 Å². The maximum absolute atomic E-state index is 14.7. The molecule has 0 bridgehead atoms. The van der Waals surface area contributed by atoms with E-state index in [0.29, 0.717) is 27.7 Å². The number of para-hydroxylation sites is 1. The first-order valence-corrected chi connectivity index (χ1v) is 18.1. The third-order valence-corrected chi connectivity index (χ3v) is 10.9. The monoisotopic (exact) mass is 691 g/mol. The van der Waals surface area contributed by atoms with Gasteiger partial charge in [0.2, 0.25) is 11.8 Å². The van der Waals surface area contributed by atoms with Gasteiger partial charge in [-0.25, -0.2) is 8.42 Å². The van der Waals surface area contributed by atoms with Crippen LogP contribution < -0.4 is 9.62 Å². The molecule has 0 heterocycles. The van der Waals surface area contributed by atoms with Crippen molar-refractivity contribution >= 4 is 50.7 Å². The van der Waals surface area contributed by atoms with Crippen molar-refractivity contribution in [2.45, 2.75) is 69.0 Å². The number of aryl methyl sites for hydroxylation is 1. The molecule has 1 N–H and O–H groups in total. The minimum atomic E-state index is -4.18. The fourth-order valence-electron chi connectivity index (χ4n) is 6.04. The van der Waals surface area contributed by atoms with E-state index >= 15 is 0 Å². The van der Waals surface area contributed by atoms with Gasteiger partial charge in [-0.2, -0.15) is 0 Å². The van der Waals surface area contributed by atoms with Crippen molar-refractivity contribution in [3.05, 3.63) is 130 Å². The maximum atomic E-state index is 14.7. The molecule has 7 nitrogen and oxygen atoms in total. The van der Waals surface area contributed by atoms with E-state index in [-0.39, 0.29) is 29.8 Å². The zero-order valence-electron chi connectivity index (χ0n) is 26.3. The smallest absolute Gasteiger partial charge is 0.264 e. The summed E-state index contributed by atoms with van der Waals surface area (Å²) in [5, 5.41) is 3.97. The number of sulfonamides is 1. The van der Waals surface area contributed by atoms with Gasteiger partial charge in [0, 0.05) is 29.1 Å². The number of benzene rings is 4. The van der Waals surface area contributed by atoms with Gasteiger partial charge in [-0.1, -0.05) is 116 Å². The van der Waals surface area contributed by atoms with Gasteiger partial charge in [0.1, 0.15) is 12.6 Å². The van der Waals surface area contributed by atoms with Crippen molar-refractivity contribution in [3.63, 3.8) is 0 Å². The quantitative estimate of drug-likeness (QED) is 0.158. The van der Waals surface area contributed by atoms with Crippen LogP contribution in [-0.2, 0) is 39.0 Å². The number of rotatable bonds is 13. The van der Waals surface area contributed by atoms with Crippen molar-refractivity contribution in [2.75, 3.05) is 10.8 Å². The predicted octanol–water partition coefficient (Wildman–Crippen LogP) is 7.45. The number of hydrogen-bond acceptors (Lipinski definition) is 4. The molecule has 0 aliphatic heterocycles. The van der Waals surface area contributed by atoms with Gasteiger partial charge in [0.25, 0.3) is 10.0 Å². The van der Waals surface area contributed by atoms with E-state index in [4.69, 9.17) is 23.2 Å². The topological polar surface area (TPSA) is 86.8 Å². The summed E-state index contributed by atoms with van der Waals surface area (Å²) in [6, 6.07) is 28.8. The van der Waals surface area contributed by atoms with Crippen LogP contribution in [0.4, 0.5) is 5.69 Å². The largest absolute Gasteiger partial charge is 0.352 e. The Hall–Kier alpha value is -3.85. The molecular formula is C37H39Cl2N3O4S.